The zero-order chi connectivity index (χ0) is 20.1. The third-order valence-electron chi connectivity index (χ3n) is 5.19. The summed E-state index contributed by atoms with van der Waals surface area (Å²) in [6, 6.07) is 39.9. The summed E-state index contributed by atoms with van der Waals surface area (Å²) in [4.78, 5) is 0.891. The van der Waals surface area contributed by atoms with Crippen LogP contribution in [0.2, 0.25) is 0 Å². The molecule has 0 saturated heterocycles. The molecule has 0 bridgehead atoms. The Morgan fingerprint density at radius 2 is 0.966 bits per heavy atom. The van der Waals surface area contributed by atoms with Gasteiger partial charge >= 0.3 is 0 Å². The van der Waals surface area contributed by atoms with Gasteiger partial charge in [0, 0.05) is 4.90 Å². The molecule has 0 heterocycles. The Labute approximate surface area is 176 Å². The van der Waals surface area contributed by atoms with Crippen molar-refractivity contribution < 1.29 is 4.21 Å². The van der Waals surface area contributed by atoms with Crippen molar-refractivity contribution in [1.82, 2.24) is 0 Å². The van der Waals surface area contributed by atoms with Crippen LogP contribution in [0.5, 0.6) is 0 Å². The van der Waals surface area contributed by atoms with Gasteiger partial charge in [0.15, 0.2) is 5.49 Å². The molecule has 1 atom stereocenters. The molecule has 0 radical (unpaired) electrons. The second kappa shape index (κ2) is 8.86. The Morgan fingerprint density at radius 3 is 1.34 bits per heavy atom. The van der Waals surface area contributed by atoms with Crippen molar-refractivity contribution in [3.8, 4) is 0 Å². The van der Waals surface area contributed by atoms with E-state index in [0.29, 0.717) is 5.49 Å². The lowest BCUT2D eigenvalue weighted by Gasteiger charge is -2.27. The highest BCUT2D eigenvalue weighted by atomic mass is 32.2. The largest absolute Gasteiger partial charge is 0.250 e. The van der Waals surface area contributed by atoms with E-state index in [9.17, 15) is 4.21 Å². The molecule has 0 amide bonds. The van der Waals surface area contributed by atoms with Gasteiger partial charge in [0.05, 0.1) is 10.8 Å². The monoisotopic (exact) mass is 415 g/mol. The maximum atomic E-state index is 13.6. The molecule has 1 nitrogen and oxygen atoms in total. The van der Waals surface area contributed by atoms with Crippen LogP contribution in [0.3, 0.4) is 0 Å². The summed E-state index contributed by atoms with van der Waals surface area (Å²) in [6.07, 6.45) is 0. The van der Waals surface area contributed by atoms with Gasteiger partial charge in [0.1, 0.15) is 23.2 Å². The number of hydrogen-bond acceptors (Lipinski definition) is 1. The summed E-state index contributed by atoms with van der Waals surface area (Å²) < 4.78 is 13.6. The van der Waals surface area contributed by atoms with E-state index in [1.807, 2.05) is 42.5 Å². The van der Waals surface area contributed by atoms with Gasteiger partial charge in [-0.05, 0) is 55.5 Å². The maximum Gasteiger partial charge on any atom is 0.152 e. The molecule has 4 aromatic rings. The highest BCUT2D eigenvalue weighted by Crippen LogP contribution is 2.56. The SMILES string of the molecule is Cc1ccc([S@](=O)C[P+](c2ccccc2)(c2ccccc2)c2ccccc2)cc1. The van der Waals surface area contributed by atoms with Crippen LogP contribution in [0.4, 0.5) is 0 Å². The maximum absolute atomic E-state index is 13.6. The molecule has 0 aliphatic heterocycles. The van der Waals surface area contributed by atoms with E-state index in [0.717, 1.165) is 4.90 Å². The molecule has 0 aliphatic rings. The van der Waals surface area contributed by atoms with E-state index in [2.05, 4.69) is 79.7 Å². The Bertz CT molecular complexity index is 981. The van der Waals surface area contributed by atoms with E-state index in [4.69, 9.17) is 0 Å². The van der Waals surface area contributed by atoms with Gasteiger partial charge in [-0.1, -0.05) is 72.3 Å². The fourth-order valence-corrected chi connectivity index (χ4v) is 10.8. The van der Waals surface area contributed by atoms with Gasteiger partial charge in [-0.25, -0.2) is 0 Å². The second-order valence-electron chi connectivity index (χ2n) is 7.10. The first-order chi connectivity index (χ1) is 14.2. The lowest BCUT2D eigenvalue weighted by atomic mass is 10.2. The van der Waals surface area contributed by atoms with E-state index in [1.54, 1.807) is 0 Å². The molecule has 0 aromatic heterocycles. The summed E-state index contributed by atoms with van der Waals surface area (Å²) in [7, 11) is -3.20. The molecule has 0 unspecified atom stereocenters. The zero-order valence-corrected chi connectivity index (χ0v) is 18.2. The molecule has 4 aromatic carbocycles. The van der Waals surface area contributed by atoms with Crippen molar-refractivity contribution in [1.29, 1.82) is 0 Å². The highest BCUT2D eigenvalue weighted by Gasteiger charge is 2.47. The van der Waals surface area contributed by atoms with E-state index < -0.39 is 18.1 Å². The number of hydrogen-bond donors (Lipinski definition) is 0. The Balaban J connectivity index is 1.92. The van der Waals surface area contributed by atoms with Gasteiger partial charge in [-0.3, -0.25) is 4.21 Å². The van der Waals surface area contributed by atoms with Crippen LogP contribution in [-0.4, -0.2) is 9.70 Å². The number of aryl methyl sites for hydroxylation is 1. The average Bonchev–Trinajstić information content (AvgIpc) is 2.79. The Hall–Kier alpha value is -2.54. The van der Waals surface area contributed by atoms with Crippen LogP contribution in [0.1, 0.15) is 5.56 Å². The fourth-order valence-electron chi connectivity index (χ4n) is 3.66. The lowest BCUT2D eigenvalue weighted by molar-refractivity contribution is 0.686. The third kappa shape index (κ3) is 4.10. The highest BCUT2D eigenvalue weighted by molar-refractivity contribution is 8.06. The average molecular weight is 416 g/mol. The first-order valence-electron chi connectivity index (χ1n) is 9.70. The molecular formula is C26H24OPS+. The van der Waals surface area contributed by atoms with Gasteiger partial charge in [0.25, 0.3) is 0 Å². The van der Waals surface area contributed by atoms with Gasteiger partial charge in [0.2, 0.25) is 0 Å². The molecular weight excluding hydrogens is 391 g/mol. The predicted molar refractivity (Wildman–Crippen MR) is 128 cm³/mol. The molecule has 0 saturated carbocycles. The van der Waals surface area contributed by atoms with E-state index in [-0.39, 0.29) is 0 Å². The van der Waals surface area contributed by atoms with E-state index in [1.165, 1.54) is 21.5 Å². The quantitative estimate of drug-likeness (QED) is 0.403. The van der Waals surface area contributed by atoms with Crippen LogP contribution in [0, 0.1) is 6.92 Å². The zero-order valence-electron chi connectivity index (χ0n) is 16.4. The minimum atomic E-state index is -2.09. The minimum absolute atomic E-state index is 0.591. The minimum Gasteiger partial charge on any atom is -0.250 e. The summed E-state index contributed by atoms with van der Waals surface area (Å²) in [6.45, 7) is 2.06. The first kappa shape index (κ1) is 19.8. The Kier molecular flexibility index (Phi) is 6.04. The predicted octanol–water partition coefficient (Wildman–Crippen LogP) is 5.05. The third-order valence-corrected chi connectivity index (χ3v) is 12.0. The van der Waals surface area contributed by atoms with Crippen molar-refractivity contribution >= 4 is 34.0 Å². The molecule has 0 fully saturated rings. The topological polar surface area (TPSA) is 17.1 Å². The lowest BCUT2D eigenvalue weighted by Crippen LogP contribution is -2.34. The van der Waals surface area contributed by atoms with Crippen molar-refractivity contribution in [3.63, 3.8) is 0 Å². The molecule has 3 heteroatoms. The van der Waals surface area contributed by atoms with Crippen LogP contribution < -0.4 is 15.9 Å². The Morgan fingerprint density at radius 1 is 0.586 bits per heavy atom. The second-order valence-corrected chi connectivity index (χ2v) is 12.5. The molecule has 4 rings (SSSR count). The summed E-state index contributed by atoms with van der Waals surface area (Å²) >= 11 is 0. The molecule has 0 spiro atoms. The van der Waals surface area contributed by atoms with Crippen LogP contribution >= 0.6 is 7.26 Å². The summed E-state index contributed by atoms with van der Waals surface area (Å²) in [5.41, 5.74) is 1.77. The van der Waals surface area contributed by atoms with Crippen LogP contribution in [-0.2, 0) is 10.8 Å². The number of rotatable bonds is 6. The molecule has 0 N–H and O–H groups in total. The summed E-state index contributed by atoms with van der Waals surface area (Å²) in [5, 5.41) is 3.79. The smallest absolute Gasteiger partial charge is 0.152 e. The van der Waals surface area contributed by atoms with Crippen molar-refractivity contribution in [2.45, 2.75) is 11.8 Å². The normalized spacial score (nSPS) is 12.4. The van der Waals surface area contributed by atoms with Crippen molar-refractivity contribution in [2.75, 3.05) is 5.49 Å². The van der Waals surface area contributed by atoms with Crippen molar-refractivity contribution in [3.05, 3.63) is 121 Å². The molecule has 29 heavy (non-hydrogen) atoms. The standard InChI is InChI=1S/C26H24OPS/c1-22-17-19-26(20-18-22)29(27)21-28(23-11-5-2-6-12-23,24-13-7-3-8-14-24)25-15-9-4-10-16-25/h2-20H,21H2,1H3/q+1/t29-/m1/s1. The van der Waals surface area contributed by atoms with Gasteiger partial charge < -0.3 is 0 Å². The fraction of sp³-hybridized carbons (Fsp3) is 0.0769. The summed E-state index contributed by atoms with van der Waals surface area (Å²) in [5.74, 6) is 0. The van der Waals surface area contributed by atoms with Gasteiger partial charge in [-0.15, -0.1) is 0 Å². The van der Waals surface area contributed by atoms with Gasteiger partial charge in [-0.2, -0.15) is 0 Å². The number of benzene rings is 4. The molecule has 144 valence electrons. The van der Waals surface area contributed by atoms with E-state index >= 15 is 0 Å². The first-order valence-corrected chi connectivity index (χ1v) is 13.0. The molecule has 0 aliphatic carbocycles. The van der Waals surface area contributed by atoms with Crippen LogP contribution in [0.15, 0.2) is 120 Å². The van der Waals surface area contributed by atoms with Crippen LogP contribution in [0.25, 0.3) is 0 Å². The van der Waals surface area contributed by atoms with Crippen molar-refractivity contribution in [2.24, 2.45) is 0 Å².